The second-order valence-electron chi connectivity index (χ2n) is 23.8. The first-order valence-electron chi connectivity index (χ1n) is 25.7. The fourth-order valence-electron chi connectivity index (χ4n) is 11.2. The summed E-state index contributed by atoms with van der Waals surface area (Å²) in [5, 5.41) is 9.60. The topological polar surface area (TPSA) is 24.0 Å². The molecule has 0 saturated carbocycles. The molecule has 12 rings (SSSR count). The summed E-state index contributed by atoms with van der Waals surface area (Å²) >= 11 is 0. The standard InChI is InChI=1S/C68H65N3O/c1-40-14-22-50(34-42(40)3)69(48-24-17-45(18-25-48)66(5,6)7)52-28-30-53-57-36-44-16-29-54-55-31-33-60(70(51-23-15-41(2)43(4)35-51)49-26-19-46(20-27-49)67(8,9)10)63-58-37-47(68(11,12)13)21-32-59(58)71(65(55)63)64(54)56(44)39-62(57)72-61(53)38-52/h14-39H,1-13H3. The highest BCUT2D eigenvalue weighted by atomic mass is 16.3. The molecular weight excluding hydrogens is 875 g/mol. The molecule has 0 N–H and O–H groups in total. The van der Waals surface area contributed by atoms with E-state index in [0.717, 1.165) is 50.4 Å². The molecular formula is C68H65N3O. The molecule has 0 spiro atoms. The maximum atomic E-state index is 7.02. The van der Waals surface area contributed by atoms with Gasteiger partial charge in [0.05, 0.1) is 22.2 Å². The molecule has 0 bridgehead atoms. The van der Waals surface area contributed by atoms with Gasteiger partial charge in [-0.15, -0.1) is 0 Å². The van der Waals surface area contributed by atoms with Gasteiger partial charge >= 0.3 is 0 Å². The van der Waals surface area contributed by atoms with E-state index in [-0.39, 0.29) is 16.2 Å². The van der Waals surface area contributed by atoms with Gasteiger partial charge < -0.3 is 18.6 Å². The van der Waals surface area contributed by atoms with Crippen molar-refractivity contribution in [3.63, 3.8) is 0 Å². The monoisotopic (exact) mass is 940 g/mol. The fraction of sp³-hybridized carbons (Fsp3) is 0.235. The van der Waals surface area contributed by atoms with Gasteiger partial charge in [0, 0.05) is 72.2 Å². The fourth-order valence-corrected chi connectivity index (χ4v) is 11.2. The lowest BCUT2D eigenvalue weighted by molar-refractivity contribution is 0.590. The molecule has 4 heteroatoms. The molecule has 0 aliphatic carbocycles. The zero-order valence-electron chi connectivity index (χ0n) is 44.3. The summed E-state index contributed by atoms with van der Waals surface area (Å²) < 4.78 is 9.58. The van der Waals surface area contributed by atoms with E-state index in [1.807, 2.05) is 0 Å². The van der Waals surface area contributed by atoms with Crippen molar-refractivity contribution in [3.05, 3.63) is 197 Å². The third-order valence-corrected chi connectivity index (χ3v) is 15.8. The van der Waals surface area contributed by atoms with Crippen LogP contribution in [-0.4, -0.2) is 4.40 Å². The Hall–Kier alpha value is -7.56. The van der Waals surface area contributed by atoms with Crippen LogP contribution in [0, 0.1) is 27.7 Å². The average molecular weight is 940 g/mol. The molecule has 0 aliphatic heterocycles. The van der Waals surface area contributed by atoms with Crippen LogP contribution in [0.1, 0.15) is 101 Å². The summed E-state index contributed by atoms with van der Waals surface area (Å²) in [7, 11) is 0. The van der Waals surface area contributed by atoms with Crippen LogP contribution in [0.5, 0.6) is 0 Å². The summed E-state index contributed by atoms with van der Waals surface area (Å²) in [6.07, 6.45) is 0. The van der Waals surface area contributed by atoms with Crippen molar-refractivity contribution in [2.24, 2.45) is 0 Å². The van der Waals surface area contributed by atoms with E-state index in [1.165, 1.54) is 93.5 Å². The third kappa shape index (κ3) is 7.24. The molecule has 0 unspecified atom stereocenters. The summed E-state index contributed by atoms with van der Waals surface area (Å²) in [5.74, 6) is 0. The Morgan fingerprint density at radius 1 is 0.347 bits per heavy atom. The molecule has 358 valence electrons. The SMILES string of the molecule is Cc1ccc(N(c2ccc(C(C)(C)C)cc2)c2ccc3c(c2)oc2cc4c(ccc5c6ccc(N(c7ccc(C(C)(C)C)cc7)c7ccc(C)c(C)c7)c7c8cc(C(C)(C)C)ccc8n(c45)c67)cc23)cc1C. The Labute approximate surface area is 424 Å². The minimum Gasteiger partial charge on any atom is -0.456 e. The number of furan rings is 1. The van der Waals surface area contributed by atoms with Crippen molar-refractivity contribution in [2.45, 2.75) is 106 Å². The number of fused-ring (bicyclic) bond motifs is 11. The predicted molar refractivity (Wildman–Crippen MR) is 310 cm³/mol. The van der Waals surface area contributed by atoms with Gasteiger partial charge in [0.25, 0.3) is 0 Å². The highest BCUT2D eigenvalue weighted by molar-refractivity contribution is 6.31. The van der Waals surface area contributed by atoms with Crippen LogP contribution in [0.3, 0.4) is 0 Å². The minimum absolute atomic E-state index is 0.0363. The molecule has 0 aliphatic rings. The van der Waals surface area contributed by atoms with Crippen LogP contribution in [-0.2, 0) is 16.2 Å². The number of hydrogen-bond acceptors (Lipinski definition) is 3. The number of nitrogens with zero attached hydrogens (tertiary/aromatic N) is 3. The van der Waals surface area contributed by atoms with Crippen LogP contribution in [0.15, 0.2) is 162 Å². The zero-order chi connectivity index (χ0) is 50.3. The molecule has 9 aromatic carbocycles. The van der Waals surface area contributed by atoms with Crippen LogP contribution >= 0.6 is 0 Å². The number of aromatic nitrogens is 1. The van der Waals surface area contributed by atoms with Gasteiger partial charge in [-0.05, 0) is 179 Å². The lowest BCUT2D eigenvalue weighted by Gasteiger charge is -2.28. The molecule has 12 aromatic rings. The van der Waals surface area contributed by atoms with Crippen molar-refractivity contribution in [1.29, 1.82) is 0 Å². The summed E-state index contributed by atoms with van der Waals surface area (Å²) in [6, 6.07) is 59.9. The first-order valence-corrected chi connectivity index (χ1v) is 25.7. The molecule has 0 atom stereocenters. The maximum absolute atomic E-state index is 7.02. The Morgan fingerprint density at radius 2 is 0.833 bits per heavy atom. The van der Waals surface area contributed by atoms with E-state index in [2.05, 4.69) is 262 Å². The van der Waals surface area contributed by atoms with E-state index < -0.39 is 0 Å². The number of rotatable bonds is 6. The number of anilines is 6. The van der Waals surface area contributed by atoms with Crippen LogP contribution in [0.4, 0.5) is 34.1 Å². The third-order valence-electron chi connectivity index (χ3n) is 15.8. The lowest BCUT2D eigenvalue weighted by atomic mass is 9.86. The largest absolute Gasteiger partial charge is 0.456 e. The van der Waals surface area contributed by atoms with Crippen LogP contribution in [0.25, 0.3) is 70.8 Å². The normalized spacial score (nSPS) is 12.8. The van der Waals surface area contributed by atoms with Gasteiger partial charge in [-0.3, -0.25) is 0 Å². The second kappa shape index (κ2) is 16.0. The highest BCUT2D eigenvalue weighted by Crippen LogP contribution is 2.50. The smallest absolute Gasteiger partial charge is 0.137 e. The maximum Gasteiger partial charge on any atom is 0.137 e. The van der Waals surface area contributed by atoms with Gasteiger partial charge in [-0.1, -0.05) is 123 Å². The van der Waals surface area contributed by atoms with E-state index in [4.69, 9.17) is 4.42 Å². The van der Waals surface area contributed by atoms with E-state index in [1.54, 1.807) is 0 Å². The molecule has 0 fully saturated rings. The Bertz CT molecular complexity index is 4120. The van der Waals surface area contributed by atoms with Crippen LogP contribution in [0.2, 0.25) is 0 Å². The van der Waals surface area contributed by atoms with E-state index in [9.17, 15) is 0 Å². The predicted octanol–water partition coefficient (Wildman–Crippen LogP) is 20.0. The van der Waals surface area contributed by atoms with Gasteiger partial charge in [-0.2, -0.15) is 0 Å². The van der Waals surface area contributed by atoms with Gasteiger partial charge in [-0.25, -0.2) is 0 Å². The molecule has 3 aromatic heterocycles. The first kappa shape index (κ1) is 45.6. The summed E-state index contributed by atoms with van der Waals surface area (Å²) in [4.78, 5) is 4.84. The van der Waals surface area contributed by atoms with Crippen molar-refractivity contribution >= 4 is 105 Å². The van der Waals surface area contributed by atoms with Gasteiger partial charge in [0.1, 0.15) is 11.2 Å². The number of benzene rings is 9. The van der Waals surface area contributed by atoms with Gasteiger partial charge in [0.15, 0.2) is 0 Å². The Morgan fingerprint density at radius 3 is 1.43 bits per heavy atom. The summed E-state index contributed by atoms with van der Waals surface area (Å²) in [5.41, 5.74) is 21.3. The average Bonchev–Trinajstić information content (AvgIpc) is 3.99. The molecule has 0 saturated heterocycles. The Kier molecular flexibility index (Phi) is 10.1. The zero-order valence-corrected chi connectivity index (χ0v) is 44.3. The molecule has 3 heterocycles. The first-order chi connectivity index (χ1) is 34.2. The van der Waals surface area contributed by atoms with E-state index >= 15 is 0 Å². The number of hydrogen-bond donors (Lipinski definition) is 0. The summed E-state index contributed by atoms with van der Waals surface area (Å²) in [6.45, 7) is 29.4. The van der Waals surface area contributed by atoms with Gasteiger partial charge in [0.2, 0.25) is 0 Å². The molecule has 0 radical (unpaired) electrons. The quantitative estimate of drug-likeness (QED) is 0.166. The van der Waals surface area contributed by atoms with Crippen molar-refractivity contribution in [1.82, 2.24) is 4.40 Å². The van der Waals surface area contributed by atoms with Crippen molar-refractivity contribution in [2.75, 3.05) is 9.80 Å². The second-order valence-corrected chi connectivity index (χ2v) is 23.8. The van der Waals surface area contributed by atoms with Crippen molar-refractivity contribution < 1.29 is 4.42 Å². The highest BCUT2D eigenvalue weighted by Gasteiger charge is 2.28. The van der Waals surface area contributed by atoms with Crippen LogP contribution < -0.4 is 9.80 Å². The molecule has 0 amide bonds. The minimum atomic E-state index is -0.0363. The molecule has 4 nitrogen and oxygen atoms in total. The molecule has 72 heavy (non-hydrogen) atoms. The lowest BCUT2D eigenvalue weighted by Crippen LogP contribution is -2.13. The van der Waals surface area contributed by atoms with Crippen molar-refractivity contribution in [3.8, 4) is 0 Å². The number of aryl methyl sites for hydroxylation is 4. The van der Waals surface area contributed by atoms with E-state index in [0.29, 0.717) is 0 Å². The Balaban J connectivity index is 1.09.